The zero-order valence-electron chi connectivity index (χ0n) is 6.69. The van der Waals surface area contributed by atoms with Crippen LogP contribution in [0.3, 0.4) is 0 Å². The fourth-order valence-electron chi connectivity index (χ4n) is 0.801. The molecule has 3 nitrogen and oxygen atoms in total. The third kappa shape index (κ3) is 2.56. The van der Waals surface area contributed by atoms with Crippen LogP contribution in [0.5, 0.6) is 0 Å². The average Bonchev–Trinajstić information content (AvgIpc) is 2.05. The Labute approximate surface area is 76.9 Å². The van der Waals surface area contributed by atoms with E-state index < -0.39 is 0 Å². The number of nitrogens with one attached hydrogen (secondary N) is 1. The average molecular weight is 182 g/mol. The molecule has 0 spiro atoms. The molecular formula is C8H10N2OS. The third-order valence-electron chi connectivity index (χ3n) is 1.30. The highest BCUT2D eigenvalue weighted by Gasteiger charge is 2.03. The van der Waals surface area contributed by atoms with Crippen molar-refractivity contribution in [3.05, 3.63) is 35.9 Å². The molecule has 0 aromatic heterocycles. The highest BCUT2D eigenvalue weighted by atomic mass is 32.1. The van der Waals surface area contributed by atoms with Crippen LogP contribution < -0.4 is 5.43 Å². The van der Waals surface area contributed by atoms with Crippen molar-refractivity contribution in [2.45, 2.75) is 0 Å². The van der Waals surface area contributed by atoms with Gasteiger partial charge in [0.05, 0.1) is 0 Å². The van der Waals surface area contributed by atoms with Gasteiger partial charge in [0.2, 0.25) is 0 Å². The van der Waals surface area contributed by atoms with E-state index in [0.717, 1.165) is 0 Å². The minimum absolute atomic E-state index is 0.159. The van der Waals surface area contributed by atoms with Crippen LogP contribution in [0.15, 0.2) is 30.3 Å². The van der Waals surface area contributed by atoms with Crippen molar-refractivity contribution in [3.63, 3.8) is 0 Å². The number of nitrogens with zero attached hydrogens (tertiary/aromatic N) is 1. The molecule has 0 aliphatic carbocycles. The summed E-state index contributed by atoms with van der Waals surface area (Å²) in [7, 11) is 1.64. The van der Waals surface area contributed by atoms with Gasteiger partial charge in [0.25, 0.3) is 5.91 Å². The van der Waals surface area contributed by atoms with E-state index in [2.05, 4.69) is 18.2 Å². The lowest BCUT2D eigenvalue weighted by Crippen LogP contribution is -2.32. The van der Waals surface area contributed by atoms with Gasteiger partial charge in [-0.25, -0.2) is 0 Å². The molecule has 0 radical (unpaired) electrons. The number of benzene rings is 1. The molecule has 12 heavy (non-hydrogen) atoms. The van der Waals surface area contributed by atoms with E-state index in [9.17, 15) is 4.79 Å². The standard InChI is InChI=1S/C8H10N2OS/c1-10(12)9-8(11)7-5-3-2-4-6-7/h2-6,12H,1H3,(H,9,11). The lowest BCUT2D eigenvalue weighted by Gasteiger charge is -2.09. The summed E-state index contributed by atoms with van der Waals surface area (Å²) in [6, 6.07) is 8.97. The van der Waals surface area contributed by atoms with Gasteiger partial charge in [-0.15, -0.1) is 0 Å². The molecule has 0 fully saturated rings. The first-order valence-corrected chi connectivity index (χ1v) is 3.89. The van der Waals surface area contributed by atoms with Crippen LogP contribution in [0.25, 0.3) is 0 Å². The van der Waals surface area contributed by atoms with Crippen LogP contribution in [-0.4, -0.2) is 17.4 Å². The number of thiol groups is 1. The third-order valence-corrected chi connectivity index (χ3v) is 1.40. The van der Waals surface area contributed by atoms with Crippen LogP contribution in [0, 0.1) is 0 Å². The second-order valence-corrected chi connectivity index (χ2v) is 2.93. The first kappa shape index (κ1) is 9.09. The summed E-state index contributed by atoms with van der Waals surface area (Å²) in [5.41, 5.74) is 3.14. The zero-order chi connectivity index (χ0) is 8.97. The Kier molecular flexibility index (Phi) is 3.13. The Morgan fingerprint density at radius 1 is 1.42 bits per heavy atom. The lowest BCUT2D eigenvalue weighted by atomic mass is 10.2. The van der Waals surface area contributed by atoms with Crippen molar-refractivity contribution < 1.29 is 4.79 Å². The molecule has 1 aromatic carbocycles. The molecule has 0 saturated heterocycles. The maximum Gasteiger partial charge on any atom is 0.266 e. The quantitative estimate of drug-likeness (QED) is 0.530. The number of carbonyl (C=O) groups is 1. The second kappa shape index (κ2) is 4.13. The molecule has 1 aromatic rings. The maximum absolute atomic E-state index is 11.3. The number of hydrogen-bond donors (Lipinski definition) is 2. The smallest absolute Gasteiger partial charge is 0.266 e. The van der Waals surface area contributed by atoms with Crippen LogP contribution in [0.4, 0.5) is 0 Å². The summed E-state index contributed by atoms with van der Waals surface area (Å²) in [4.78, 5) is 11.3. The van der Waals surface area contributed by atoms with Crippen LogP contribution in [0.1, 0.15) is 10.4 Å². The summed E-state index contributed by atoms with van der Waals surface area (Å²) < 4.78 is 1.31. The van der Waals surface area contributed by atoms with Gasteiger partial charge in [-0.2, -0.15) is 4.41 Å². The van der Waals surface area contributed by atoms with E-state index in [1.54, 1.807) is 19.2 Å². The minimum Gasteiger partial charge on any atom is -0.275 e. The number of hydrogen-bond acceptors (Lipinski definition) is 3. The molecule has 0 aliphatic heterocycles. The predicted molar refractivity (Wildman–Crippen MR) is 50.7 cm³/mol. The molecule has 1 rings (SSSR count). The lowest BCUT2D eigenvalue weighted by molar-refractivity contribution is 0.0901. The van der Waals surface area contributed by atoms with Crippen molar-refractivity contribution in [1.29, 1.82) is 0 Å². The van der Waals surface area contributed by atoms with E-state index in [1.807, 2.05) is 18.2 Å². The topological polar surface area (TPSA) is 32.3 Å². The molecular weight excluding hydrogens is 172 g/mol. The Balaban J connectivity index is 2.66. The summed E-state index contributed by atoms with van der Waals surface area (Å²) in [5.74, 6) is -0.159. The van der Waals surface area contributed by atoms with Gasteiger partial charge in [0.15, 0.2) is 0 Å². The largest absolute Gasteiger partial charge is 0.275 e. The number of amides is 1. The van der Waals surface area contributed by atoms with Gasteiger partial charge >= 0.3 is 0 Å². The Morgan fingerprint density at radius 2 is 2.00 bits per heavy atom. The fourth-order valence-corrected chi connectivity index (χ4v) is 0.892. The van der Waals surface area contributed by atoms with E-state index in [4.69, 9.17) is 0 Å². The van der Waals surface area contributed by atoms with Gasteiger partial charge in [-0.1, -0.05) is 31.0 Å². The maximum atomic E-state index is 11.3. The van der Waals surface area contributed by atoms with Gasteiger partial charge in [0.1, 0.15) is 0 Å². The predicted octanol–water partition coefficient (Wildman–Crippen LogP) is 1.11. The number of carbonyl (C=O) groups excluding carboxylic acids is 1. The fraction of sp³-hybridized carbons (Fsp3) is 0.125. The molecule has 64 valence electrons. The van der Waals surface area contributed by atoms with Crippen molar-refractivity contribution in [2.75, 3.05) is 7.05 Å². The van der Waals surface area contributed by atoms with Crippen molar-refractivity contribution in [1.82, 2.24) is 9.84 Å². The van der Waals surface area contributed by atoms with Gasteiger partial charge in [0, 0.05) is 12.6 Å². The Hall–Kier alpha value is -1.00. The van der Waals surface area contributed by atoms with Gasteiger partial charge in [-0.3, -0.25) is 10.2 Å². The monoisotopic (exact) mass is 182 g/mol. The number of hydrazine groups is 1. The Morgan fingerprint density at radius 3 is 2.50 bits per heavy atom. The first-order valence-electron chi connectivity index (χ1n) is 3.49. The summed E-state index contributed by atoms with van der Waals surface area (Å²) in [5, 5.41) is 0. The second-order valence-electron chi connectivity index (χ2n) is 2.33. The van der Waals surface area contributed by atoms with Crippen molar-refractivity contribution in [3.8, 4) is 0 Å². The summed E-state index contributed by atoms with van der Waals surface area (Å²) in [6.07, 6.45) is 0. The SMILES string of the molecule is CN(S)NC(=O)c1ccccc1. The minimum atomic E-state index is -0.159. The highest BCUT2D eigenvalue weighted by molar-refractivity contribution is 7.77. The van der Waals surface area contributed by atoms with Crippen molar-refractivity contribution >= 4 is 18.7 Å². The molecule has 0 aliphatic rings. The highest BCUT2D eigenvalue weighted by Crippen LogP contribution is 1.98. The van der Waals surface area contributed by atoms with Gasteiger partial charge in [-0.05, 0) is 12.1 Å². The molecule has 1 amide bonds. The van der Waals surface area contributed by atoms with E-state index in [0.29, 0.717) is 5.56 Å². The molecule has 0 saturated carbocycles. The summed E-state index contributed by atoms with van der Waals surface area (Å²) >= 11 is 3.89. The van der Waals surface area contributed by atoms with Gasteiger partial charge < -0.3 is 0 Å². The molecule has 0 atom stereocenters. The number of rotatable bonds is 2. The normalized spacial score (nSPS) is 9.92. The van der Waals surface area contributed by atoms with Crippen LogP contribution >= 0.6 is 12.8 Å². The molecule has 4 heteroatoms. The van der Waals surface area contributed by atoms with E-state index in [-0.39, 0.29) is 5.91 Å². The van der Waals surface area contributed by atoms with Crippen molar-refractivity contribution in [2.24, 2.45) is 0 Å². The Bertz CT molecular complexity index is 261. The molecule has 1 N–H and O–H groups in total. The molecule has 0 heterocycles. The molecule has 0 unspecified atom stereocenters. The van der Waals surface area contributed by atoms with Crippen LogP contribution in [-0.2, 0) is 0 Å². The zero-order valence-corrected chi connectivity index (χ0v) is 7.58. The van der Waals surface area contributed by atoms with E-state index >= 15 is 0 Å². The first-order chi connectivity index (χ1) is 5.70. The molecule has 0 bridgehead atoms. The summed E-state index contributed by atoms with van der Waals surface area (Å²) in [6.45, 7) is 0. The van der Waals surface area contributed by atoms with Crippen LogP contribution in [0.2, 0.25) is 0 Å². The van der Waals surface area contributed by atoms with E-state index in [1.165, 1.54) is 4.41 Å².